The van der Waals surface area contributed by atoms with Gasteiger partial charge in [0.05, 0.1) is 0 Å². The summed E-state index contributed by atoms with van der Waals surface area (Å²) in [5.41, 5.74) is -4.04. The van der Waals surface area contributed by atoms with Crippen LogP contribution in [-0.4, -0.2) is 82.0 Å². The third-order valence-electron chi connectivity index (χ3n) is 5.20. The molecule has 1 atom stereocenters. The van der Waals surface area contributed by atoms with Gasteiger partial charge >= 0.3 is 15.5 Å². The van der Waals surface area contributed by atoms with Crippen LogP contribution in [0.5, 0.6) is 0 Å². The number of hydrogen-bond donors (Lipinski definition) is 2. The number of guanidine groups is 1. The van der Waals surface area contributed by atoms with Gasteiger partial charge < -0.3 is 15.5 Å². The number of alkyl halides is 3. The molecule has 1 aliphatic heterocycles. The first-order valence-corrected chi connectivity index (χ1v) is 11.2. The van der Waals surface area contributed by atoms with Crippen molar-refractivity contribution in [3.63, 3.8) is 0 Å². The van der Waals surface area contributed by atoms with Crippen molar-refractivity contribution < 1.29 is 21.6 Å². The highest BCUT2D eigenvalue weighted by molar-refractivity contribution is 14.0. The molecule has 1 aromatic carbocycles. The van der Waals surface area contributed by atoms with Gasteiger partial charge in [-0.25, -0.2) is 8.42 Å². The van der Waals surface area contributed by atoms with Crippen molar-refractivity contribution in [1.82, 2.24) is 19.8 Å². The van der Waals surface area contributed by atoms with E-state index in [-0.39, 0.29) is 62.0 Å². The molecule has 7 nitrogen and oxygen atoms in total. The second-order valence-corrected chi connectivity index (χ2v) is 9.46. The number of aliphatic imine (C=N–C) groups is 1. The van der Waals surface area contributed by atoms with Crippen molar-refractivity contribution in [1.29, 1.82) is 0 Å². The maximum Gasteiger partial charge on any atom is 0.511 e. The second-order valence-electron chi connectivity index (χ2n) is 7.53. The zero-order chi connectivity index (χ0) is 22.4. The Balaban J connectivity index is 0.00000480. The van der Waals surface area contributed by atoms with Gasteiger partial charge in [0.25, 0.3) is 0 Å². The van der Waals surface area contributed by atoms with Crippen LogP contribution in [0.4, 0.5) is 13.2 Å². The van der Waals surface area contributed by atoms with Crippen LogP contribution in [0.1, 0.15) is 18.4 Å². The molecule has 1 heterocycles. The summed E-state index contributed by atoms with van der Waals surface area (Å²) in [7, 11) is 0.366. The van der Waals surface area contributed by atoms with E-state index >= 15 is 0 Å². The van der Waals surface area contributed by atoms with Crippen molar-refractivity contribution in [2.24, 2.45) is 4.99 Å². The summed E-state index contributed by atoms with van der Waals surface area (Å²) in [6.45, 7) is 0.276. The average Bonchev–Trinajstić information content (AvgIpc) is 2.70. The molecule has 178 valence electrons. The van der Waals surface area contributed by atoms with Crippen LogP contribution in [0.25, 0.3) is 0 Å². The summed E-state index contributed by atoms with van der Waals surface area (Å²) in [6.07, 6.45) is 1.40. The predicted octanol–water partition coefficient (Wildman–Crippen LogP) is 2.26. The van der Waals surface area contributed by atoms with E-state index in [4.69, 9.17) is 0 Å². The monoisotopic (exact) mass is 577 g/mol. The Morgan fingerprint density at radius 2 is 1.81 bits per heavy atom. The third kappa shape index (κ3) is 8.06. The Bertz CT molecular complexity index is 799. The van der Waals surface area contributed by atoms with Crippen LogP contribution >= 0.6 is 24.0 Å². The summed E-state index contributed by atoms with van der Waals surface area (Å²) < 4.78 is 61.6. The van der Waals surface area contributed by atoms with E-state index in [1.54, 1.807) is 7.05 Å². The molecule has 31 heavy (non-hydrogen) atoms. The van der Waals surface area contributed by atoms with Gasteiger partial charge in [-0.1, -0.05) is 30.3 Å². The Morgan fingerprint density at radius 3 is 2.29 bits per heavy atom. The van der Waals surface area contributed by atoms with Gasteiger partial charge in [-0.3, -0.25) is 4.99 Å². The zero-order valence-corrected chi connectivity index (χ0v) is 21.0. The third-order valence-corrected chi connectivity index (χ3v) is 6.83. The molecular formula is C19H31F3IN5O2S. The highest BCUT2D eigenvalue weighted by Gasteiger charge is 2.50. The molecule has 0 spiro atoms. The van der Waals surface area contributed by atoms with Crippen LogP contribution in [0.15, 0.2) is 35.3 Å². The number of nitrogens with zero attached hydrogens (tertiary/aromatic N) is 3. The molecule has 0 amide bonds. The number of likely N-dealkylation sites (N-methyl/N-ethyl adjacent to an activating group) is 1. The van der Waals surface area contributed by atoms with E-state index in [9.17, 15) is 21.6 Å². The Labute approximate surface area is 199 Å². The summed E-state index contributed by atoms with van der Waals surface area (Å²) in [4.78, 5) is 6.31. The maximum atomic E-state index is 12.7. The van der Waals surface area contributed by atoms with Crippen molar-refractivity contribution in [2.45, 2.75) is 36.9 Å². The average molecular weight is 577 g/mol. The molecule has 1 unspecified atom stereocenters. The quantitative estimate of drug-likeness (QED) is 0.296. The van der Waals surface area contributed by atoms with Gasteiger partial charge in [-0.15, -0.1) is 24.0 Å². The highest BCUT2D eigenvalue weighted by atomic mass is 127. The lowest BCUT2D eigenvalue weighted by Gasteiger charge is -2.33. The van der Waals surface area contributed by atoms with Crippen molar-refractivity contribution >= 4 is 40.0 Å². The van der Waals surface area contributed by atoms with Gasteiger partial charge in [-0.05, 0) is 38.9 Å². The SMILES string of the molecule is CN=C(NCC(Cc1ccccc1)N(C)C)NC1CCN(S(=O)(=O)C(F)(F)F)CC1.I. The van der Waals surface area contributed by atoms with E-state index in [2.05, 4.69) is 32.7 Å². The zero-order valence-electron chi connectivity index (χ0n) is 17.9. The number of rotatable bonds is 7. The summed E-state index contributed by atoms with van der Waals surface area (Å²) in [5.74, 6) is 0.548. The number of piperidine rings is 1. The molecule has 2 N–H and O–H groups in total. The van der Waals surface area contributed by atoms with Gasteiger partial charge in [0, 0.05) is 38.8 Å². The minimum Gasteiger partial charge on any atom is -0.355 e. The van der Waals surface area contributed by atoms with Gasteiger partial charge in [0.2, 0.25) is 0 Å². The van der Waals surface area contributed by atoms with Gasteiger partial charge in [-0.2, -0.15) is 17.5 Å². The van der Waals surface area contributed by atoms with E-state index in [1.165, 1.54) is 5.56 Å². The fourth-order valence-electron chi connectivity index (χ4n) is 3.31. The standard InChI is InChI=1S/C19H30F3N5O2S.HI/c1-23-18(24-14-17(26(2)3)13-15-7-5-4-6-8-15)25-16-9-11-27(12-10-16)30(28,29)19(20,21)22;/h4-8,16-17H,9-14H2,1-3H3,(H2,23,24,25);1H. The lowest BCUT2D eigenvalue weighted by Crippen LogP contribution is -2.53. The minimum atomic E-state index is -5.26. The van der Waals surface area contributed by atoms with Gasteiger partial charge in [0.1, 0.15) is 0 Å². The molecular weight excluding hydrogens is 546 g/mol. The fourth-order valence-corrected chi connectivity index (χ4v) is 4.30. The van der Waals surface area contributed by atoms with Crippen LogP contribution in [-0.2, 0) is 16.4 Å². The molecule has 1 fully saturated rings. The first kappa shape index (κ1) is 27.9. The Morgan fingerprint density at radius 1 is 1.23 bits per heavy atom. The molecule has 1 saturated heterocycles. The van der Waals surface area contributed by atoms with E-state index in [0.29, 0.717) is 16.8 Å². The molecule has 12 heteroatoms. The molecule has 1 aromatic rings. The second kappa shape index (κ2) is 12.2. The number of sulfonamides is 1. The molecule has 0 radical (unpaired) electrons. The molecule has 1 aliphatic rings. The Hall–Kier alpha value is -1.12. The normalized spacial score (nSPS) is 17.8. The number of hydrogen-bond acceptors (Lipinski definition) is 4. The molecule has 2 rings (SSSR count). The lowest BCUT2D eigenvalue weighted by molar-refractivity contribution is -0.0494. The molecule has 0 aliphatic carbocycles. The first-order valence-electron chi connectivity index (χ1n) is 9.78. The minimum absolute atomic E-state index is 0. The molecule has 0 aromatic heterocycles. The Kier molecular flexibility index (Phi) is 11.0. The maximum absolute atomic E-state index is 12.7. The van der Waals surface area contributed by atoms with E-state index in [1.807, 2.05) is 32.3 Å². The summed E-state index contributed by atoms with van der Waals surface area (Å²) in [6, 6.07) is 10.2. The predicted molar refractivity (Wildman–Crippen MR) is 127 cm³/mol. The van der Waals surface area contributed by atoms with Gasteiger partial charge in [0.15, 0.2) is 5.96 Å². The number of benzene rings is 1. The van der Waals surface area contributed by atoms with E-state index in [0.717, 1.165) is 6.42 Å². The van der Waals surface area contributed by atoms with Crippen LogP contribution in [0.3, 0.4) is 0 Å². The summed E-state index contributed by atoms with van der Waals surface area (Å²) in [5, 5.41) is 6.46. The lowest BCUT2D eigenvalue weighted by atomic mass is 10.1. The summed E-state index contributed by atoms with van der Waals surface area (Å²) >= 11 is 0. The number of nitrogens with one attached hydrogen (secondary N) is 2. The van der Waals surface area contributed by atoms with Crippen LogP contribution < -0.4 is 10.6 Å². The van der Waals surface area contributed by atoms with Crippen LogP contribution in [0.2, 0.25) is 0 Å². The topological polar surface area (TPSA) is 77.0 Å². The van der Waals surface area contributed by atoms with Crippen molar-refractivity contribution in [3.05, 3.63) is 35.9 Å². The van der Waals surface area contributed by atoms with Crippen molar-refractivity contribution in [2.75, 3.05) is 40.8 Å². The van der Waals surface area contributed by atoms with E-state index < -0.39 is 15.5 Å². The van der Waals surface area contributed by atoms with Crippen LogP contribution in [0, 0.1) is 0 Å². The molecule has 0 bridgehead atoms. The highest BCUT2D eigenvalue weighted by Crippen LogP contribution is 2.28. The number of halogens is 4. The smallest absolute Gasteiger partial charge is 0.355 e. The van der Waals surface area contributed by atoms with Crippen molar-refractivity contribution in [3.8, 4) is 0 Å². The first-order chi connectivity index (χ1) is 14.0. The largest absolute Gasteiger partial charge is 0.511 e. The molecule has 0 saturated carbocycles. The fraction of sp³-hybridized carbons (Fsp3) is 0.632.